The number of carbonyl (C=O) groups excluding carboxylic acids is 2. The van der Waals surface area contributed by atoms with Crippen molar-refractivity contribution in [1.82, 2.24) is 0 Å². The zero-order valence-electron chi connectivity index (χ0n) is 17.1. The molecule has 7 atom stereocenters. The van der Waals surface area contributed by atoms with Gasteiger partial charge in [0.2, 0.25) is 0 Å². The Morgan fingerprint density at radius 3 is 2.76 bits per heavy atom. The molecule has 0 aromatic rings. The van der Waals surface area contributed by atoms with E-state index in [9.17, 15) is 19.5 Å². The lowest BCUT2D eigenvalue weighted by Crippen LogP contribution is -2.52. The molecule has 0 unspecified atom stereocenters. The summed E-state index contributed by atoms with van der Waals surface area (Å²) < 4.78 is 0. The zero-order chi connectivity index (χ0) is 20.8. The quantitative estimate of drug-likeness (QED) is 0.699. The number of carboxylic acids is 1. The molecule has 4 aliphatic carbocycles. The molecule has 0 saturated heterocycles. The molecule has 0 aromatic heterocycles. The number of fused-ring (bicyclic) bond motifs is 5. The second kappa shape index (κ2) is 8.18. The van der Waals surface area contributed by atoms with E-state index in [1.807, 2.05) is 6.08 Å². The molecule has 0 bridgehead atoms. The number of rotatable bonds is 5. The van der Waals surface area contributed by atoms with Crippen molar-refractivity contribution < 1.29 is 24.6 Å². The lowest BCUT2D eigenvalue weighted by Gasteiger charge is -2.55. The van der Waals surface area contributed by atoms with Crippen molar-refractivity contribution >= 4 is 28.6 Å². The van der Waals surface area contributed by atoms with E-state index in [1.54, 1.807) is 0 Å². The van der Waals surface area contributed by atoms with E-state index in [4.69, 9.17) is 5.11 Å². The first-order valence-electron chi connectivity index (χ1n) is 11.1. The molecule has 5 nitrogen and oxygen atoms in total. The Kier molecular flexibility index (Phi) is 5.95. The van der Waals surface area contributed by atoms with Gasteiger partial charge < -0.3 is 10.2 Å². The minimum absolute atomic E-state index is 0.0254. The highest BCUT2D eigenvalue weighted by Gasteiger charge is 2.58. The fraction of sp³-hybridized carbons (Fsp3) is 0.783. The summed E-state index contributed by atoms with van der Waals surface area (Å²) >= 11 is 1.40. The van der Waals surface area contributed by atoms with Crippen LogP contribution in [0.5, 0.6) is 0 Å². The van der Waals surface area contributed by atoms with Crippen molar-refractivity contribution in [3.05, 3.63) is 11.6 Å². The molecule has 0 heterocycles. The van der Waals surface area contributed by atoms with Gasteiger partial charge in [0.1, 0.15) is 0 Å². The topological polar surface area (TPSA) is 91.7 Å². The first-order chi connectivity index (χ1) is 13.8. The van der Waals surface area contributed by atoms with Gasteiger partial charge >= 0.3 is 5.97 Å². The average molecular weight is 421 g/mol. The monoisotopic (exact) mass is 420 g/mol. The predicted octanol–water partition coefficient (Wildman–Crippen LogP) is 3.98. The number of thioether (sulfide) groups is 1. The molecular formula is C23H32O5S. The van der Waals surface area contributed by atoms with Crippen LogP contribution < -0.4 is 0 Å². The van der Waals surface area contributed by atoms with Gasteiger partial charge in [-0.1, -0.05) is 24.3 Å². The van der Waals surface area contributed by atoms with Crippen LogP contribution in [0.25, 0.3) is 0 Å². The lowest BCUT2D eigenvalue weighted by molar-refractivity contribution is -0.137. The summed E-state index contributed by atoms with van der Waals surface area (Å²) in [5.41, 5.74) is 1.18. The third-order valence-electron chi connectivity index (χ3n) is 8.30. The molecule has 0 aliphatic heterocycles. The van der Waals surface area contributed by atoms with Gasteiger partial charge in [-0.15, -0.1) is 0 Å². The van der Waals surface area contributed by atoms with Gasteiger partial charge in [-0.05, 0) is 80.1 Å². The Morgan fingerprint density at radius 1 is 1.21 bits per heavy atom. The highest BCUT2D eigenvalue weighted by Crippen LogP contribution is 2.63. The number of hydrogen-bond donors (Lipinski definition) is 2. The summed E-state index contributed by atoms with van der Waals surface area (Å²) in [7, 11) is 0. The summed E-state index contributed by atoms with van der Waals surface area (Å²) in [6.45, 7) is 2.23. The number of aliphatic hydroxyl groups excluding tert-OH is 1. The van der Waals surface area contributed by atoms with Crippen LogP contribution >= 0.6 is 11.8 Å². The Labute approximate surface area is 176 Å². The van der Waals surface area contributed by atoms with Gasteiger partial charge in [-0.3, -0.25) is 14.4 Å². The van der Waals surface area contributed by atoms with E-state index in [2.05, 4.69) is 6.92 Å². The number of hydrogen-bond acceptors (Lipinski definition) is 5. The maximum atomic E-state index is 12.7. The van der Waals surface area contributed by atoms with Gasteiger partial charge in [0, 0.05) is 24.5 Å². The maximum absolute atomic E-state index is 12.7. The third-order valence-corrected chi connectivity index (χ3v) is 9.55. The van der Waals surface area contributed by atoms with E-state index in [0.29, 0.717) is 36.5 Å². The van der Waals surface area contributed by atoms with Crippen molar-refractivity contribution in [2.24, 2.45) is 29.1 Å². The largest absolute Gasteiger partial charge is 0.481 e. The molecule has 4 rings (SSSR count). The van der Waals surface area contributed by atoms with Crippen LogP contribution in [0.3, 0.4) is 0 Å². The minimum atomic E-state index is -0.864. The fourth-order valence-electron chi connectivity index (χ4n) is 6.87. The molecule has 0 amide bonds. The average Bonchev–Trinajstić information content (AvgIpc) is 2.96. The standard InChI is InChI=1S/C23H32O5S/c1-23-10-9-16-15-6-5-14(24)11-13(15)12-18(22(16)17(23)7-8-19(23)25)29-21(28)4-2-3-20(26)27/h11,15-19,22,25H,2-10,12H2,1H3,(H,26,27)/t15-,16+,17-,18+,19-,22+,23-/m0/s1. The van der Waals surface area contributed by atoms with Crippen LogP contribution in [-0.2, 0) is 14.4 Å². The van der Waals surface area contributed by atoms with Gasteiger partial charge in [0.25, 0.3) is 0 Å². The number of allylic oxidation sites excluding steroid dienone is 1. The third kappa shape index (κ3) is 3.95. The maximum Gasteiger partial charge on any atom is 0.303 e. The van der Waals surface area contributed by atoms with Crippen molar-refractivity contribution in [1.29, 1.82) is 0 Å². The van der Waals surface area contributed by atoms with Crippen LogP contribution in [0, 0.1) is 29.1 Å². The number of carboxylic acid groups (broad SMARTS) is 1. The molecule has 3 saturated carbocycles. The van der Waals surface area contributed by atoms with Crippen molar-refractivity contribution in [2.75, 3.05) is 0 Å². The molecule has 2 N–H and O–H groups in total. The van der Waals surface area contributed by atoms with Crippen LogP contribution in [0.2, 0.25) is 0 Å². The van der Waals surface area contributed by atoms with Gasteiger partial charge in [0.05, 0.1) is 6.10 Å². The van der Waals surface area contributed by atoms with E-state index in [-0.39, 0.29) is 40.5 Å². The van der Waals surface area contributed by atoms with E-state index in [1.165, 1.54) is 17.3 Å². The molecule has 160 valence electrons. The molecule has 29 heavy (non-hydrogen) atoms. The first-order valence-corrected chi connectivity index (χ1v) is 12.0. The SMILES string of the molecule is C[C@]12CC[C@H]3[C@@H]([C@H](SC(=O)CCCC(=O)O)CC4=CC(=O)CC[C@@H]43)[C@@H]1CC[C@@H]2O. The van der Waals surface area contributed by atoms with Gasteiger partial charge in [0.15, 0.2) is 10.9 Å². The van der Waals surface area contributed by atoms with Crippen molar-refractivity contribution in [2.45, 2.75) is 82.5 Å². The van der Waals surface area contributed by atoms with Crippen LogP contribution in [0.15, 0.2) is 11.6 Å². The van der Waals surface area contributed by atoms with Crippen molar-refractivity contribution in [3.63, 3.8) is 0 Å². The highest BCUT2D eigenvalue weighted by atomic mass is 32.2. The number of aliphatic hydroxyl groups is 1. The molecule has 0 radical (unpaired) electrons. The molecule has 3 fully saturated rings. The number of ketones is 1. The summed E-state index contributed by atoms with van der Waals surface area (Å²) in [5, 5.41) is 19.7. The van der Waals surface area contributed by atoms with Crippen molar-refractivity contribution in [3.8, 4) is 0 Å². The summed E-state index contributed by atoms with van der Waals surface area (Å²) in [6, 6.07) is 0. The van der Waals surface area contributed by atoms with E-state index < -0.39 is 5.97 Å². The molecular weight excluding hydrogens is 388 g/mol. The van der Waals surface area contributed by atoms with Crippen LogP contribution in [-0.4, -0.2) is 38.4 Å². The van der Waals surface area contributed by atoms with Crippen LogP contribution in [0.1, 0.15) is 71.1 Å². The van der Waals surface area contributed by atoms with E-state index >= 15 is 0 Å². The molecule has 6 heteroatoms. The van der Waals surface area contributed by atoms with Gasteiger partial charge in [-0.2, -0.15) is 0 Å². The molecule has 0 spiro atoms. The normalized spacial score (nSPS) is 41.2. The molecule has 0 aromatic carbocycles. The summed E-state index contributed by atoms with van der Waals surface area (Å²) in [4.78, 5) is 35.5. The predicted molar refractivity (Wildman–Crippen MR) is 111 cm³/mol. The zero-order valence-corrected chi connectivity index (χ0v) is 18.0. The van der Waals surface area contributed by atoms with Crippen LogP contribution in [0.4, 0.5) is 0 Å². The summed E-state index contributed by atoms with van der Waals surface area (Å²) in [5.74, 6) is 1.13. The second-order valence-electron chi connectivity index (χ2n) is 9.80. The first kappa shape index (κ1) is 21.1. The Hall–Kier alpha value is -1.14. The summed E-state index contributed by atoms with van der Waals surface area (Å²) in [6.07, 6.45) is 8.61. The van der Waals surface area contributed by atoms with E-state index in [0.717, 1.165) is 38.5 Å². The highest BCUT2D eigenvalue weighted by molar-refractivity contribution is 8.14. The fourth-order valence-corrected chi connectivity index (χ4v) is 8.29. The Bertz CT molecular complexity index is 731. The van der Waals surface area contributed by atoms with Gasteiger partial charge in [-0.25, -0.2) is 0 Å². The number of aliphatic carboxylic acids is 1. The minimum Gasteiger partial charge on any atom is -0.481 e. The number of carbonyl (C=O) groups is 3. The Balaban J connectivity index is 1.57. The molecule has 4 aliphatic rings. The lowest BCUT2D eigenvalue weighted by atomic mass is 9.52. The second-order valence-corrected chi connectivity index (χ2v) is 11.1. The Morgan fingerprint density at radius 2 is 2.00 bits per heavy atom. The smallest absolute Gasteiger partial charge is 0.303 e.